The van der Waals surface area contributed by atoms with Gasteiger partial charge >= 0.3 is 5.97 Å². The topological polar surface area (TPSA) is 75.7 Å². The van der Waals surface area contributed by atoms with E-state index in [9.17, 15) is 13.2 Å². The molecule has 6 nitrogen and oxygen atoms in total. The quantitative estimate of drug-likeness (QED) is 0.242. The summed E-state index contributed by atoms with van der Waals surface area (Å²) in [4.78, 5) is 14.8. The summed E-state index contributed by atoms with van der Waals surface area (Å²) >= 11 is 0. The van der Waals surface area contributed by atoms with Gasteiger partial charge in [-0.25, -0.2) is 13.2 Å². The van der Waals surface area contributed by atoms with Gasteiger partial charge in [-0.15, -0.1) is 0 Å². The fourth-order valence-corrected chi connectivity index (χ4v) is 5.21. The molecule has 1 N–H and O–H groups in total. The highest BCUT2D eigenvalue weighted by atomic mass is 32.2. The third-order valence-electron chi connectivity index (χ3n) is 5.83. The molecule has 0 saturated carbocycles. The lowest BCUT2D eigenvalue weighted by atomic mass is 10.1. The zero-order valence-corrected chi connectivity index (χ0v) is 21.5. The number of aryl methyl sites for hydroxylation is 2. The first-order chi connectivity index (χ1) is 17.2. The summed E-state index contributed by atoms with van der Waals surface area (Å²) in [6.45, 7) is 3.72. The van der Waals surface area contributed by atoms with Crippen LogP contribution in [0.4, 0.5) is 17.1 Å². The van der Waals surface area contributed by atoms with Crippen LogP contribution in [-0.2, 0) is 9.84 Å². The van der Waals surface area contributed by atoms with E-state index >= 15 is 0 Å². The maximum Gasteiger partial charge on any atom is 0.343 e. The average Bonchev–Trinajstić information content (AvgIpc) is 2.88. The molecule has 4 rings (SSSR count). The molecule has 4 aromatic carbocycles. The van der Waals surface area contributed by atoms with E-state index in [0.29, 0.717) is 22.7 Å². The molecule has 0 aliphatic rings. The van der Waals surface area contributed by atoms with Crippen molar-refractivity contribution in [3.05, 3.63) is 108 Å². The van der Waals surface area contributed by atoms with Crippen molar-refractivity contribution in [2.24, 2.45) is 0 Å². The summed E-state index contributed by atoms with van der Waals surface area (Å²) in [6, 6.07) is 26.1. The predicted octanol–water partition coefficient (Wildman–Crippen LogP) is 6.17. The standard InChI is InChI=1S/C29H28N2O4S/c1-20-18-27(35-29(32)22-11-7-5-8-12-22)21(2)17-26(20)30-25-16-15-23(31(3)4)19-28(25)36(33,34)24-13-9-6-10-14-24/h5-19,30H,1-4H3. The first kappa shape index (κ1) is 25.0. The minimum Gasteiger partial charge on any atom is -0.423 e. The van der Waals surface area contributed by atoms with E-state index in [2.05, 4.69) is 5.32 Å². The summed E-state index contributed by atoms with van der Waals surface area (Å²) in [5.74, 6) is 0.0151. The summed E-state index contributed by atoms with van der Waals surface area (Å²) in [5, 5.41) is 3.30. The minimum absolute atomic E-state index is 0.177. The first-order valence-electron chi connectivity index (χ1n) is 11.4. The van der Waals surface area contributed by atoms with Crippen LogP contribution in [0.1, 0.15) is 21.5 Å². The molecule has 7 heteroatoms. The highest BCUT2D eigenvalue weighted by Gasteiger charge is 2.23. The molecule has 0 fully saturated rings. The number of hydrogen-bond acceptors (Lipinski definition) is 6. The van der Waals surface area contributed by atoms with Gasteiger partial charge in [0.15, 0.2) is 0 Å². The number of esters is 1. The molecule has 0 amide bonds. The molecule has 0 spiro atoms. The van der Waals surface area contributed by atoms with Gasteiger partial charge in [-0.3, -0.25) is 0 Å². The van der Waals surface area contributed by atoms with Gasteiger partial charge in [0.2, 0.25) is 9.84 Å². The van der Waals surface area contributed by atoms with Gasteiger partial charge in [-0.1, -0.05) is 36.4 Å². The van der Waals surface area contributed by atoms with Crippen LogP contribution < -0.4 is 15.0 Å². The summed E-state index contributed by atoms with van der Waals surface area (Å²) in [6.07, 6.45) is 0. The Morgan fingerprint density at radius 1 is 0.778 bits per heavy atom. The maximum absolute atomic E-state index is 13.6. The third-order valence-corrected chi connectivity index (χ3v) is 7.64. The fraction of sp³-hybridized carbons (Fsp3) is 0.138. The lowest BCUT2D eigenvalue weighted by Crippen LogP contribution is -2.12. The normalized spacial score (nSPS) is 11.1. The Hall–Kier alpha value is -4.10. The van der Waals surface area contributed by atoms with Crippen LogP contribution in [0.25, 0.3) is 0 Å². The number of sulfone groups is 1. The van der Waals surface area contributed by atoms with Gasteiger partial charge in [-0.2, -0.15) is 0 Å². The fourth-order valence-electron chi connectivity index (χ4n) is 3.75. The Balaban J connectivity index is 1.70. The molecule has 0 saturated heterocycles. The van der Waals surface area contributed by atoms with Crippen molar-refractivity contribution in [1.29, 1.82) is 0 Å². The molecular weight excluding hydrogens is 472 g/mol. The lowest BCUT2D eigenvalue weighted by molar-refractivity contribution is 0.0733. The van der Waals surface area contributed by atoms with E-state index < -0.39 is 15.8 Å². The highest BCUT2D eigenvalue weighted by Crippen LogP contribution is 2.35. The molecule has 184 valence electrons. The molecule has 0 radical (unpaired) electrons. The summed E-state index contributed by atoms with van der Waals surface area (Å²) in [7, 11) is -0.0512. The highest BCUT2D eigenvalue weighted by molar-refractivity contribution is 7.91. The van der Waals surface area contributed by atoms with Crippen LogP contribution in [0, 0.1) is 13.8 Å². The van der Waals surface area contributed by atoms with Crippen molar-refractivity contribution in [3.63, 3.8) is 0 Å². The van der Waals surface area contributed by atoms with Crippen LogP contribution in [0.5, 0.6) is 5.75 Å². The maximum atomic E-state index is 13.6. The molecule has 0 aromatic heterocycles. The molecule has 0 aliphatic carbocycles. The second kappa shape index (κ2) is 10.3. The Morgan fingerprint density at radius 3 is 2.06 bits per heavy atom. The molecular formula is C29H28N2O4S. The molecule has 0 atom stereocenters. The number of rotatable bonds is 7. The van der Waals surface area contributed by atoms with E-state index in [1.807, 2.05) is 51.0 Å². The van der Waals surface area contributed by atoms with Crippen molar-refractivity contribution >= 4 is 32.9 Å². The second-order valence-corrected chi connectivity index (χ2v) is 10.6. The Bertz CT molecular complexity index is 1500. The van der Waals surface area contributed by atoms with Crippen LogP contribution >= 0.6 is 0 Å². The summed E-state index contributed by atoms with van der Waals surface area (Å²) < 4.78 is 32.8. The van der Waals surface area contributed by atoms with Gasteiger partial charge < -0.3 is 15.0 Å². The van der Waals surface area contributed by atoms with E-state index in [-0.39, 0.29) is 9.79 Å². The predicted molar refractivity (Wildman–Crippen MR) is 143 cm³/mol. The number of anilines is 3. The number of hydrogen-bond donors (Lipinski definition) is 1. The van der Waals surface area contributed by atoms with Crippen LogP contribution in [-0.4, -0.2) is 28.5 Å². The van der Waals surface area contributed by atoms with Crippen molar-refractivity contribution in [2.75, 3.05) is 24.3 Å². The van der Waals surface area contributed by atoms with Crippen molar-refractivity contribution in [2.45, 2.75) is 23.6 Å². The number of nitrogens with one attached hydrogen (secondary N) is 1. The number of ether oxygens (including phenoxy) is 1. The van der Waals surface area contributed by atoms with Gasteiger partial charge in [0.25, 0.3) is 0 Å². The van der Waals surface area contributed by atoms with Gasteiger partial charge in [0.1, 0.15) is 5.75 Å². The van der Waals surface area contributed by atoms with Gasteiger partial charge in [0.05, 0.1) is 21.0 Å². The zero-order valence-electron chi connectivity index (χ0n) is 20.6. The first-order valence-corrected chi connectivity index (χ1v) is 12.9. The summed E-state index contributed by atoms with van der Waals surface area (Å²) in [5.41, 5.74) is 3.95. The van der Waals surface area contributed by atoms with E-state index in [0.717, 1.165) is 16.8 Å². The number of benzene rings is 4. The monoisotopic (exact) mass is 500 g/mol. The van der Waals surface area contributed by atoms with E-state index in [1.54, 1.807) is 72.8 Å². The molecule has 0 aliphatic heterocycles. The van der Waals surface area contributed by atoms with Crippen molar-refractivity contribution in [3.8, 4) is 5.75 Å². The van der Waals surface area contributed by atoms with Crippen LogP contribution in [0.2, 0.25) is 0 Å². The number of nitrogens with zero attached hydrogens (tertiary/aromatic N) is 1. The Labute approximate surface area is 212 Å². The molecule has 0 unspecified atom stereocenters. The van der Waals surface area contributed by atoms with E-state index in [1.165, 1.54) is 0 Å². The molecule has 0 bridgehead atoms. The zero-order chi connectivity index (χ0) is 25.9. The smallest absolute Gasteiger partial charge is 0.343 e. The Kier molecular flexibility index (Phi) is 7.12. The van der Waals surface area contributed by atoms with Crippen molar-refractivity contribution in [1.82, 2.24) is 0 Å². The van der Waals surface area contributed by atoms with Crippen molar-refractivity contribution < 1.29 is 17.9 Å². The van der Waals surface area contributed by atoms with Gasteiger partial charge in [-0.05, 0) is 79.6 Å². The third kappa shape index (κ3) is 5.26. The van der Waals surface area contributed by atoms with E-state index in [4.69, 9.17) is 4.74 Å². The average molecular weight is 501 g/mol. The van der Waals surface area contributed by atoms with Crippen LogP contribution in [0.3, 0.4) is 0 Å². The second-order valence-electron chi connectivity index (χ2n) is 8.70. The number of carbonyl (C=O) groups excluding carboxylic acids is 1. The number of carbonyl (C=O) groups is 1. The lowest BCUT2D eigenvalue weighted by Gasteiger charge is -2.19. The largest absolute Gasteiger partial charge is 0.423 e. The SMILES string of the molecule is Cc1cc(OC(=O)c2ccccc2)c(C)cc1Nc1ccc(N(C)C)cc1S(=O)(=O)c1ccccc1. The van der Waals surface area contributed by atoms with Gasteiger partial charge in [0, 0.05) is 25.5 Å². The molecule has 4 aromatic rings. The molecule has 36 heavy (non-hydrogen) atoms. The Morgan fingerprint density at radius 2 is 1.42 bits per heavy atom. The molecule has 0 heterocycles. The minimum atomic E-state index is -3.78. The van der Waals surface area contributed by atoms with Crippen LogP contribution in [0.15, 0.2) is 101 Å².